The largest absolute Gasteiger partial charge is 0.385 e. The Morgan fingerprint density at radius 1 is 1.44 bits per heavy atom. The summed E-state index contributed by atoms with van der Waals surface area (Å²) in [6.07, 6.45) is 2.52. The fraction of sp³-hybridized carbons (Fsp3) is 0.600. The fourth-order valence-corrected chi connectivity index (χ4v) is 4.09. The van der Waals surface area contributed by atoms with E-state index in [1.165, 1.54) is 37.4 Å². The van der Waals surface area contributed by atoms with Crippen molar-refractivity contribution in [3.05, 3.63) is 29.3 Å². The second-order valence-electron chi connectivity index (χ2n) is 5.39. The molecule has 18 heavy (non-hydrogen) atoms. The molecule has 0 aliphatic carbocycles. The minimum Gasteiger partial charge on any atom is -0.385 e. The molecule has 2 aliphatic rings. The van der Waals surface area contributed by atoms with E-state index >= 15 is 0 Å². The molecule has 0 aromatic heterocycles. The quantitative estimate of drug-likeness (QED) is 0.882. The summed E-state index contributed by atoms with van der Waals surface area (Å²) in [4.78, 5) is 2.62. The first-order chi connectivity index (χ1) is 8.83. The van der Waals surface area contributed by atoms with Gasteiger partial charge in [-0.25, -0.2) is 0 Å². The standard InChI is InChI=1S/C15H22N2S/c1-12-10-17(8-9-18-12)11-13-4-2-6-15-14(13)5-3-7-16-15/h2,4,6,12,16H,3,5,7-11H2,1H3. The Labute approximate surface area is 114 Å². The van der Waals surface area contributed by atoms with Gasteiger partial charge >= 0.3 is 0 Å². The first kappa shape index (κ1) is 12.4. The summed E-state index contributed by atoms with van der Waals surface area (Å²) in [5, 5.41) is 4.31. The summed E-state index contributed by atoms with van der Waals surface area (Å²) in [7, 11) is 0. The molecule has 1 N–H and O–H groups in total. The molecule has 0 saturated carbocycles. The van der Waals surface area contributed by atoms with E-state index in [9.17, 15) is 0 Å². The number of hydrogen-bond acceptors (Lipinski definition) is 3. The van der Waals surface area contributed by atoms with Gasteiger partial charge in [-0.2, -0.15) is 11.8 Å². The van der Waals surface area contributed by atoms with E-state index in [2.05, 4.69) is 47.1 Å². The molecule has 0 amide bonds. The molecule has 2 heterocycles. The number of nitrogens with zero attached hydrogens (tertiary/aromatic N) is 1. The van der Waals surface area contributed by atoms with Crippen molar-refractivity contribution in [2.75, 3.05) is 30.7 Å². The molecular formula is C15H22N2S. The first-order valence-corrected chi connectivity index (χ1v) is 8.06. The number of hydrogen-bond donors (Lipinski definition) is 1. The molecule has 0 spiro atoms. The molecule has 3 rings (SSSR count). The van der Waals surface area contributed by atoms with Crippen LogP contribution in [-0.4, -0.2) is 35.5 Å². The van der Waals surface area contributed by atoms with Crippen LogP contribution < -0.4 is 5.32 Å². The molecule has 3 heteroatoms. The van der Waals surface area contributed by atoms with Gasteiger partial charge in [0.05, 0.1) is 0 Å². The van der Waals surface area contributed by atoms with Crippen molar-refractivity contribution >= 4 is 17.4 Å². The van der Waals surface area contributed by atoms with Crippen LogP contribution >= 0.6 is 11.8 Å². The van der Waals surface area contributed by atoms with Crippen LogP contribution in [0.15, 0.2) is 18.2 Å². The summed E-state index contributed by atoms with van der Waals surface area (Å²) in [6.45, 7) is 7.09. The first-order valence-electron chi connectivity index (χ1n) is 7.01. The van der Waals surface area contributed by atoms with Crippen LogP contribution in [-0.2, 0) is 13.0 Å². The molecule has 0 bridgehead atoms. The summed E-state index contributed by atoms with van der Waals surface area (Å²) >= 11 is 2.11. The Kier molecular flexibility index (Phi) is 3.80. The van der Waals surface area contributed by atoms with Crippen LogP contribution in [0.1, 0.15) is 24.5 Å². The van der Waals surface area contributed by atoms with E-state index in [1.807, 2.05) is 0 Å². The van der Waals surface area contributed by atoms with Gasteiger partial charge in [-0.15, -0.1) is 0 Å². The third-order valence-electron chi connectivity index (χ3n) is 3.91. The van der Waals surface area contributed by atoms with Crippen molar-refractivity contribution in [3.63, 3.8) is 0 Å². The van der Waals surface area contributed by atoms with Gasteiger partial charge < -0.3 is 5.32 Å². The fourth-order valence-electron chi connectivity index (χ4n) is 3.01. The lowest BCUT2D eigenvalue weighted by molar-refractivity contribution is 0.277. The van der Waals surface area contributed by atoms with Crippen LogP contribution in [0.4, 0.5) is 5.69 Å². The average Bonchev–Trinajstić information content (AvgIpc) is 2.39. The van der Waals surface area contributed by atoms with Gasteiger partial charge in [0.25, 0.3) is 0 Å². The molecule has 2 aliphatic heterocycles. The molecule has 98 valence electrons. The van der Waals surface area contributed by atoms with E-state index in [4.69, 9.17) is 0 Å². The van der Waals surface area contributed by atoms with Gasteiger partial charge in [-0.3, -0.25) is 4.90 Å². The van der Waals surface area contributed by atoms with Gasteiger partial charge in [0, 0.05) is 42.9 Å². The lowest BCUT2D eigenvalue weighted by Gasteiger charge is -2.32. The summed E-state index contributed by atoms with van der Waals surface area (Å²) in [6, 6.07) is 6.75. The number of benzene rings is 1. The topological polar surface area (TPSA) is 15.3 Å². The Hall–Kier alpha value is -0.670. The van der Waals surface area contributed by atoms with Crippen molar-refractivity contribution in [1.29, 1.82) is 0 Å². The molecule has 1 fully saturated rings. The molecule has 2 nitrogen and oxygen atoms in total. The van der Waals surface area contributed by atoms with Gasteiger partial charge in [-0.1, -0.05) is 19.1 Å². The van der Waals surface area contributed by atoms with Gasteiger partial charge in [0.1, 0.15) is 0 Å². The molecule has 1 saturated heterocycles. The third-order valence-corrected chi connectivity index (χ3v) is 5.05. The maximum Gasteiger partial charge on any atom is 0.0375 e. The highest BCUT2D eigenvalue weighted by molar-refractivity contribution is 7.99. The number of fused-ring (bicyclic) bond motifs is 1. The second kappa shape index (κ2) is 5.54. The molecule has 1 atom stereocenters. The highest BCUT2D eigenvalue weighted by Crippen LogP contribution is 2.27. The predicted octanol–water partition coefficient (Wildman–Crippen LogP) is 2.98. The third kappa shape index (κ3) is 2.67. The number of rotatable bonds is 2. The van der Waals surface area contributed by atoms with Crippen molar-refractivity contribution < 1.29 is 0 Å². The average molecular weight is 262 g/mol. The van der Waals surface area contributed by atoms with Crippen molar-refractivity contribution in [2.24, 2.45) is 0 Å². The SMILES string of the molecule is CC1CN(Cc2cccc3c2CCCN3)CCS1. The molecular weight excluding hydrogens is 240 g/mol. The monoisotopic (exact) mass is 262 g/mol. The highest BCUT2D eigenvalue weighted by atomic mass is 32.2. The van der Waals surface area contributed by atoms with E-state index in [0.29, 0.717) is 0 Å². The Morgan fingerprint density at radius 3 is 3.28 bits per heavy atom. The lowest BCUT2D eigenvalue weighted by atomic mass is 9.97. The summed E-state index contributed by atoms with van der Waals surface area (Å²) in [5.74, 6) is 1.29. The number of thioether (sulfide) groups is 1. The lowest BCUT2D eigenvalue weighted by Crippen LogP contribution is -2.36. The normalized spacial score (nSPS) is 24.4. The highest BCUT2D eigenvalue weighted by Gasteiger charge is 2.19. The van der Waals surface area contributed by atoms with Crippen LogP contribution in [0.3, 0.4) is 0 Å². The Bertz CT molecular complexity index is 419. The van der Waals surface area contributed by atoms with E-state index < -0.39 is 0 Å². The van der Waals surface area contributed by atoms with Crippen molar-refractivity contribution in [2.45, 2.75) is 31.6 Å². The van der Waals surface area contributed by atoms with Gasteiger partial charge in [-0.05, 0) is 30.0 Å². The second-order valence-corrected chi connectivity index (χ2v) is 6.94. The van der Waals surface area contributed by atoms with Crippen LogP contribution in [0.5, 0.6) is 0 Å². The predicted molar refractivity (Wildman–Crippen MR) is 80.4 cm³/mol. The van der Waals surface area contributed by atoms with Crippen LogP contribution in [0.25, 0.3) is 0 Å². The van der Waals surface area contributed by atoms with E-state index in [1.54, 1.807) is 11.1 Å². The number of anilines is 1. The minimum absolute atomic E-state index is 0.788. The zero-order valence-electron chi connectivity index (χ0n) is 11.1. The Balaban J connectivity index is 1.76. The smallest absolute Gasteiger partial charge is 0.0375 e. The summed E-state index contributed by atoms with van der Waals surface area (Å²) in [5.41, 5.74) is 4.48. The van der Waals surface area contributed by atoms with Crippen molar-refractivity contribution in [1.82, 2.24) is 4.90 Å². The zero-order valence-corrected chi connectivity index (χ0v) is 11.9. The van der Waals surface area contributed by atoms with Gasteiger partial charge in [0.2, 0.25) is 0 Å². The van der Waals surface area contributed by atoms with E-state index in [-0.39, 0.29) is 0 Å². The molecule has 1 aromatic carbocycles. The van der Waals surface area contributed by atoms with Crippen molar-refractivity contribution in [3.8, 4) is 0 Å². The maximum atomic E-state index is 3.53. The van der Waals surface area contributed by atoms with E-state index in [0.717, 1.165) is 18.3 Å². The molecule has 1 aromatic rings. The van der Waals surface area contributed by atoms with Gasteiger partial charge in [0.15, 0.2) is 0 Å². The van der Waals surface area contributed by atoms with Crippen LogP contribution in [0, 0.1) is 0 Å². The summed E-state index contributed by atoms with van der Waals surface area (Å²) < 4.78 is 0. The zero-order chi connectivity index (χ0) is 12.4. The number of nitrogens with one attached hydrogen (secondary N) is 1. The minimum atomic E-state index is 0.788. The maximum absolute atomic E-state index is 3.53. The Morgan fingerprint density at radius 2 is 2.39 bits per heavy atom. The van der Waals surface area contributed by atoms with Crippen LogP contribution in [0.2, 0.25) is 0 Å². The molecule has 1 unspecified atom stereocenters. The molecule has 0 radical (unpaired) electrons.